The van der Waals surface area contributed by atoms with Crippen LogP contribution in [0.1, 0.15) is 194 Å². The number of esters is 2. The van der Waals surface area contributed by atoms with Gasteiger partial charge in [0, 0.05) is 12.8 Å². The summed E-state index contributed by atoms with van der Waals surface area (Å²) < 4.78 is 21.7. The summed E-state index contributed by atoms with van der Waals surface area (Å²) in [6.45, 7) is 3.72. The van der Waals surface area contributed by atoms with E-state index in [0.29, 0.717) is 12.8 Å². The third-order valence-electron chi connectivity index (χ3n) is 10.6. The second-order valence-electron chi connectivity index (χ2n) is 16.2. The standard InChI is InChI=1S/C49H84O11/c1-3-5-7-9-11-13-15-17-18-19-20-21-22-23-24-26-27-29-31-33-35-37-42(50)57-39-41(40-58-49-46(54)44(52)45(53)47(60-49)48(55)56)59-43(51)38-36-34-32-30-28-25-16-14-12-10-8-6-4-2/h8,10,14-17,19-20,41,44-47,49,52-54H,3-7,9,11-13,18,21-40H2,1-2H3,(H,55,56)/b10-8-,16-14-,17-15-,20-19-. The SMILES string of the molecule is CCC/C=C\C/C=C\CCCCCCCC(=O)OC(COC(=O)CCCCCCCCCCC/C=C\C/C=C\CCCCCCC)COC1OC(C(=O)O)C(O)C(O)C1O. The predicted octanol–water partition coefficient (Wildman–Crippen LogP) is 10.5. The van der Waals surface area contributed by atoms with E-state index in [0.717, 1.165) is 83.5 Å². The van der Waals surface area contributed by atoms with Gasteiger partial charge in [-0.1, -0.05) is 159 Å². The van der Waals surface area contributed by atoms with Crippen molar-refractivity contribution < 1.29 is 53.8 Å². The zero-order chi connectivity index (χ0) is 43.9. The molecule has 6 unspecified atom stereocenters. The molecule has 0 aromatic carbocycles. The van der Waals surface area contributed by atoms with Gasteiger partial charge in [0.2, 0.25) is 0 Å². The van der Waals surface area contributed by atoms with Crippen LogP contribution in [-0.2, 0) is 33.3 Å². The number of carboxylic acid groups (broad SMARTS) is 1. The molecule has 0 aromatic heterocycles. The molecule has 0 aliphatic carbocycles. The first-order valence-corrected chi connectivity index (χ1v) is 23.7. The molecule has 11 nitrogen and oxygen atoms in total. The van der Waals surface area contributed by atoms with Crippen molar-refractivity contribution in [3.63, 3.8) is 0 Å². The van der Waals surface area contributed by atoms with E-state index in [2.05, 4.69) is 62.5 Å². The minimum Gasteiger partial charge on any atom is -0.479 e. The molecule has 0 bridgehead atoms. The number of aliphatic carboxylic acids is 1. The van der Waals surface area contributed by atoms with Crippen molar-refractivity contribution in [3.8, 4) is 0 Å². The normalized spacial score (nSPS) is 20.2. The molecule has 346 valence electrons. The second kappa shape index (κ2) is 39.0. The van der Waals surface area contributed by atoms with Gasteiger partial charge in [-0.3, -0.25) is 9.59 Å². The smallest absolute Gasteiger partial charge is 0.335 e. The molecular weight excluding hydrogens is 765 g/mol. The third-order valence-corrected chi connectivity index (χ3v) is 10.6. The largest absolute Gasteiger partial charge is 0.479 e. The third kappa shape index (κ3) is 30.2. The lowest BCUT2D eigenvalue weighted by Crippen LogP contribution is -2.60. The van der Waals surface area contributed by atoms with E-state index in [1.165, 1.54) is 70.6 Å². The first-order valence-electron chi connectivity index (χ1n) is 23.7. The number of unbranched alkanes of at least 4 members (excludes halogenated alkanes) is 20. The van der Waals surface area contributed by atoms with Crippen LogP contribution in [0.2, 0.25) is 0 Å². The van der Waals surface area contributed by atoms with Crippen molar-refractivity contribution in [2.24, 2.45) is 0 Å². The van der Waals surface area contributed by atoms with Crippen LogP contribution in [0.15, 0.2) is 48.6 Å². The van der Waals surface area contributed by atoms with Crippen LogP contribution >= 0.6 is 0 Å². The maximum absolute atomic E-state index is 12.8. The van der Waals surface area contributed by atoms with Crippen LogP contribution in [0, 0.1) is 0 Å². The summed E-state index contributed by atoms with van der Waals surface area (Å²) in [5.74, 6) is -2.47. The lowest BCUT2D eigenvalue weighted by atomic mass is 9.99. The summed E-state index contributed by atoms with van der Waals surface area (Å²) in [4.78, 5) is 36.8. The number of carbonyl (C=O) groups is 3. The Morgan fingerprint density at radius 3 is 1.45 bits per heavy atom. The highest BCUT2D eigenvalue weighted by atomic mass is 16.7. The van der Waals surface area contributed by atoms with Crippen molar-refractivity contribution in [2.45, 2.75) is 230 Å². The Hall–Kier alpha value is -2.83. The molecule has 0 radical (unpaired) electrons. The van der Waals surface area contributed by atoms with Crippen LogP contribution < -0.4 is 0 Å². The maximum atomic E-state index is 12.8. The van der Waals surface area contributed by atoms with Crippen molar-refractivity contribution >= 4 is 17.9 Å². The van der Waals surface area contributed by atoms with Crippen LogP contribution in [0.3, 0.4) is 0 Å². The Kier molecular flexibility index (Phi) is 35.9. The number of rotatable bonds is 39. The van der Waals surface area contributed by atoms with E-state index in [9.17, 15) is 34.8 Å². The Labute approximate surface area is 363 Å². The highest BCUT2D eigenvalue weighted by Gasteiger charge is 2.47. The summed E-state index contributed by atoms with van der Waals surface area (Å²) in [6, 6.07) is 0. The predicted molar refractivity (Wildman–Crippen MR) is 238 cm³/mol. The number of aliphatic hydroxyl groups excluding tert-OH is 3. The lowest BCUT2D eigenvalue weighted by Gasteiger charge is -2.38. The van der Waals surface area contributed by atoms with Crippen molar-refractivity contribution in [3.05, 3.63) is 48.6 Å². The molecular formula is C49H84O11. The van der Waals surface area contributed by atoms with Gasteiger partial charge in [0.1, 0.15) is 24.9 Å². The van der Waals surface area contributed by atoms with E-state index in [1.807, 2.05) is 0 Å². The number of allylic oxidation sites excluding steroid dienone is 8. The van der Waals surface area contributed by atoms with Crippen LogP contribution in [0.25, 0.3) is 0 Å². The highest BCUT2D eigenvalue weighted by Crippen LogP contribution is 2.23. The first kappa shape index (κ1) is 55.2. The fourth-order valence-corrected chi connectivity index (χ4v) is 6.89. The Morgan fingerprint density at radius 1 is 0.517 bits per heavy atom. The number of hydrogen-bond donors (Lipinski definition) is 4. The quantitative estimate of drug-likeness (QED) is 0.0264. The Balaban J connectivity index is 2.32. The van der Waals surface area contributed by atoms with Gasteiger partial charge in [0.05, 0.1) is 6.61 Å². The van der Waals surface area contributed by atoms with Crippen LogP contribution in [0.4, 0.5) is 0 Å². The summed E-state index contributed by atoms with van der Waals surface area (Å²) in [6.07, 6.45) is 37.3. The van der Waals surface area contributed by atoms with Gasteiger partial charge in [-0.25, -0.2) is 4.79 Å². The molecule has 6 atom stereocenters. The molecule has 1 aliphatic rings. The topological polar surface area (TPSA) is 169 Å². The molecule has 60 heavy (non-hydrogen) atoms. The number of carbonyl (C=O) groups excluding carboxylic acids is 2. The zero-order valence-electron chi connectivity index (χ0n) is 37.4. The molecule has 1 heterocycles. The molecule has 4 N–H and O–H groups in total. The minimum absolute atomic E-state index is 0.164. The monoisotopic (exact) mass is 849 g/mol. The van der Waals surface area contributed by atoms with E-state index >= 15 is 0 Å². The number of carboxylic acids is 1. The van der Waals surface area contributed by atoms with Gasteiger partial charge in [-0.05, 0) is 70.6 Å². The van der Waals surface area contributed by atoms with Crippen LogP contribution in [0.5, 0.6) is 0 Å². The van der Waals surface area contributed by atoms with Gasteiger partial charge in [0.25, 0.3) is 0 Å². The van der Waals surface area contributed by atoms with E-state index in [4.69, 9.17) is 18.9 Å². The maximum Gasteiger partial charge on any atom is 0.335 e. The molecule has 11 heteroatoms. The molecule has 0 amide bonds. The fourth-order valence-electron chi connectivity index (χ4n) is 6.89. The number of hydrogen-bond acceptors (Lipinski definition) is 10. The van der Waals surface area contributed by atoms with Gasteiger partial charge < -0.3 is 39.4 Å². The van der Waals surface area contributed by atoms with E-state index < -0.39 is 61.3 Å². The van der Waals surface area contributed by atoms with Crippen molar-refractivity contribution in [1.82, 2.24) is 0 Å². The summed E-state index contributed by atoms with van der Waals surface area (Å²) >= 11 is 0. The summed E-state index contributed by atoms with van der Waals surface area (Å²) in [7, 11) is 0. The van der Waals surface area contributed by atoms with Gasteiger partial charge in [0.15, 0.2) is 18.5 Å². The Morgan fingerprint density at radius 2 is 0.967 bits per heavy atom. The van der Waals surface area contributed by atoms with E-state index in [1.54, 1.807) is 0 Å². The van der Waals surface area contributed by atoms with E-state index in [-0.39, 0.29) is 19.4 Å². The fraction of sp³-hybridized carbons (Fsp3) is 0.776. The minimum atomic E-state index is -1.86. The molecule has 0 spiro atoms. The average Bonchev–Trinajstić information content (AvgIpc) is 3.23. The molecule has 1 fully saturated rings. The van der Waals surface area contributed by atoms with Gasteiger partial charge >= 0.3 is 17.9 Å². The van der Waals surface area contributed by atoms with Gasteiger partial charge in [-0.15, -0.1) is 0 Å². The summed E-state index contributed by atoms with van der Waals surface area (Å²) in [5.41, 5.74) is 0. The molecule has 1 saturated heterocycles. The molecule has 1 aliphatic heterocycles. The molecule has 0 aromatic rings. The average molecular weight is 849 g/mol. The van der Waals surface area contributed by atoms with Crippen LogP contribution in [-0.4, -0.2) is 88.4 Å². The summed E-state index contributed by atoms with van der Waals surface area (Å²) in [5, 5.41) is 39.8. The van der Waals surface area contributed by atoms with Crippen molar-refractivity contribution in [2.75, 3.05) is 13.2 Å². The second-order valence-corrected chi connectivity index (χ2v) is 16.2. The van der Waals surface area contributed by atoms with Crippen molar-refractivity contribution in [1.29, 1.82) is 0 Å². The number of aliphatic hydroxyl groups is 3. The number of ether oxygens (including phenoxy) is 4. The molecule has 0 saturated carbocycles. The Bertz CT molecular complexity index is 1180. The highest BCUT2D eigenvalue weighted by molar-refractivity contribution is 5.73. The first-order chi connectivity index (χ1) is 29.2. The zero-order valence-corrected chi connectivity index (χ0v) is 37.4. The lowest BCUT2D eigenvalue weighted by molar-refractivity contribution is -0.298. The van der Waals surface area contributed by atoms with Gasteiger partial charge in [-0.2, -0.15) is 0 Å². The molecule has 1 rings (SSSR count).